The number of fused-ring (bicyclic) bond motifs is 1. The van der Waals surface area contributed by atoms with E-state index in [4.69, 9.17) is 11.6 Å². The van der Waals surface area contributed by atoms with Gasteiger partial charge in [-0.15, -0.1) is 11.3 Å². The van der Waals surface area contributed by atoms with Crippen LogP contribution in [0.15, 0.2) is 42.0 Å². The normalized spacial score (nSPS) is 10.6. The van der Waals surface area contributed by atoms with Crippen LogP contribution in [0, 0.1) is 0 Å². The van der Waals surface area contributed by atoms with Crippen molar-refractivity contribution in [1.82, 2.24) is 9.97 Å². The van der Waals surface area contributed by atoms with Crippen LogP contribution in [0.2, 0.25) is 5.02 Å². The van der Waals surface area contributed by atoms with E-state index >= 15 is 0 Å². The lowest BCUT2D eigenvalue weighted by Crippen LogP contribution is -2.12. The highest BCUT2D eigenvalue weighted by atomic mass is 35.5. The molecule has 4 nitrogen and oxygen atoms in total. The van der Waals surface area contributed by atoms with Crippen molar-refractivity contribution in [1.29, 1.82) is 0 Å². The zero-order valence-electron chi connectivity index (χ0n) is 9.63. The van der Waals surface area contributed by atoms with E-state index in [9.17, 15) is 4.79 Å². The van der Waals surface area contributed by atoms with Crippen LogP contribution in [0.3, 0.4) is 0 Å². The highest BCUT2D eigenvalue weighted by molar-refractivity contribution is 7.16. The third-order valence-electron chi connectivity index (χ3n) is 2.56. The average molecular weight is 290 g/mol. The molecule has 6 heteroatoms. The van der Waals surface area contributed by atoms with Crippen LogP contribution in [0.1, 0.15) is 10.4 Å². The van der Waals surface area contributed by atoms with Gasteiger partial charge in [0, 0.05) is 16.8 Å². The second kappa shape index (κ2) is 4.95. The summed E-state index contributed by atoms with van der Waals surface area (Å²) in [6, 6.07) is 8.63. The van der Waals surface area contributed by atoms with Crippen molar-refractivity contribution >= 4 is 44.9 Å². The Balaban J connectivity index is 1.87. The minimum atomic E-state index is -0.218. The standard InChI is InChI=1S/C13H8ClN3OS/c14-9-3-4-15-12(6-9)17-13(18)8-1-2-10-11(5-8)19-7-16-10/h1-7H,(H,15,17,18). The van der Waals surface area contributed by atoms with E-state index in [1.165, 1.54) is 11.3 Å². The molecule has 2 aromatic heterocycles. The van der Waals surface area contributed by atoms with Gasteiger partial charge in [0.25, 0.3) is 5.91 Å². The fraction of sp³-hybridized carbons (Fsp3) is 0. The maximum Gasteiger partial charge on any atom is 0.256 e. The molecule has 0 aliphatic heterocycles. The van der Waals surface area contributed by atoms with Gasteiger partial charge < -0.3 is 5.32 Å². The first-order valence-electron chi connectivity index (χ1n) is 5.48. The monoisotopic (exact) mass is 289 g/mol. The Labute approximate surface area is 118 Å². The summed E-state index contributed by atoms with van der Waals surface area (Å²) < 4.78 is 0.978. The molecular weight excluding hydrogens is 282 g/mol. The molecule has 94 valence electrons. The van der Waals surface area contributed by atoms with Crippen LogP contribution in [-0.2, 0) is 0 Å². The van der Waals surface area contributed by atoms with Gasteiger partial charge in [0.1, 0.15) is 5.82 Å². The largest absolute Gasteiger partial charge is 0.307 e. The number of rotatable bonds is 2. The summed E-state index contributed by atoms with van der Waals surface area (Å²) in [5, 5.41) is 3.24. The number of halogens is 1. The summed E-state index contributed by atoms with van der Waals surface area (Å²) in [4.78, 5) is 20.3. The number of hydrogen-bond donors (Lipinski definition) is 1. The number of pyridine rings is 1. The summed E-state index contributed by atoms with van der Waals surface area (Å²) in [5.41, 5.74) is 3.21. The van der Waals surface area contributed by atoms with Crippen LogP contribution >= 0.6 is 22.9 Å². The number of carbonyl (C=O) groups is 1. The van der Waals surface area contributed by atoms with E-state index in [1.54, 1.807) is 29.9 Å². The van der Waals surface area contributed by atoms with E-state index in [1.807, 2.05) is 12.1 Å². The summed E-state index contributed by atoms with van der Waals surface area (Å²) in [6.45, 7) is 0. The molecule has 2 heterocycles. The number of amides is 1. The zero-order chi connectivity index (χ0) is 13.2. The Bertz CT molecular complexity index is 756. The molecule has 0 fully saturated rings. The van der Waals surface area contributed by atoms with Crippen molar-refractivity contribution in [2.24, 2.45) is 0 Å². The van der Waals surface area contributed by atoms with Crippen molar-refractivity contribution in [3.63, 3.8) is 0 Å². The second-order valence-corrected chi connectivity index (χ2v) is 5.17. The second-order valence-electron chi connectivity index (χ2n) is 3.85. The van der Waals surface area contributed by atoms with Gasteiger partial charge in [-0.25, -0.2) is 9.97 Å². The van der Waals surface area contributed by atoms with Gasteiger partial charge in [0.05, 0.1) is 15.7 Å². The quantitative estimate of drug-likeness (QED) is 0.784. The summed E-state index contributed by atoms with van der Waals surface area (Å²) >= 11 is 7.34. The van der Waals surface area contributed by atoms with Crippen LogP contribution in [-0.4, -0.2) is 15.9 Å². The van der Waals surface area contributed by atoms with Crippen LogP contribution in [0.25, 0.3) is 10.2 Å². The number of anilines is 1. The number of hydrogen-bond acceptors (Lipinski definition) is 4. The Morgan fingerprint density at radius 1 is 1.21 bits per heavy atom. The van der Waals surface area contributed by atoms with Gasteiger partial charge in [0.15, 0.2) is 0 Å². The lowest BCUT2D eigenvalue weighted by Gasteiger charge is -2.04. The number of nitrogens with one attached hydrogen (secondary N) is 1. The first-order valence-corrected chi connectivity index (χ1v) is 6.74. The smallest absolute Gasteiger partial charge is 0.256 e. The molecule has 0 saturated carbocycles. The van der Waals surface area contributed by atoms with Gasteiger partial charge in [-0.3, -0.25) is 4.79 Å². The topological polar surface area (TPSA) is 54.9 Å². The molecule has 3 rings (SSSR count). The predicted octanol–water partition coefficient (Wildman–Crippen LogP) is 3.60. The third-order valence-corrected chi connectivity index (χ3v) is 3.58. The number of thiazole rings is 1. The molecular formula is C13H8ClN3OS. The van der Waals surface area contributed by atoms with E-state index in [0.29, 0.717) is 16.4 Å². The Hall–Kier alpha value is -1.98. The molecule has 0 spiro atoms. The molecule has 0 aliphatic carbocycles. The highest BCUT2D eigenvalue weighted by Gasteiger charge is 2.08. The van der Waals surface area contributed by atoms with Crippen molar-refractivity contribution < 1.29 is 4.79 Å². The Morgan fingerprint density at radius 3 is 2.95 bits per heavy atom. The molecule has 1 N–H and O–H groups in total. The summed E-state index contributed by atoms with van der Waals surface area (Å²) in [6.07, 6.45) is 1.55. The van der Waals surface area contributed by atoms with Crippen LogP contribution in [0.4, 0.5) is 5.82 Å². The van der Waals surface area contributed by atoms with Gasteiger partial charge in [-0.1, -0.05) is 11.6 Å². The van der Waals surface area contributed by atoms with Gasteiger partial charge in [-0.05, 0) is 30.3 Å². The lowest BCUT2D eigenvalue weighted by molar-refractivity contribution is 0.102. The molecule has 1 aromatic carbocycles. The Kier molecular flexibility index (Phi) is 3.15. The van der Waals surface area contributed by atoms with E-state index in [2.05, 4.69) is 15.3 Å². The number of aromatic nitrogens is 2. The predicted molar refractivity (Wildman–Crippen MR) is 76.8 cm³/mol. The molecule has 1 amide bonds. The minimum Gasteiger partial charge on any atom is -0.307 e. The molecule has 0 aliphatic rings. The van der Waals surface area contributed by atoms with Crippen molar-refractivity contribution in [2.75, 3.05) is 5.32 Å². The van der Waals surface area contributed by atoms with Gasteiger partial charge in [0.2, 0.25) is 0 Å². The molecule has 0 bridgehead atoms. The maximum absolute atomic E-state index is 12.1. The molecule has 3 aromatic rings. The number of carbonyl (C=O) groups excluding carboxylic acids is 1. The van der Waals surface area contributed by atoms with Crippen molar-refractivity contribution in [3.8, 4) is 0 Å². The first kappa shape index (κ1) is 12.1. The average Bonchev–Trinajstić information content (AvgIpc) is 2.85. The van der Waals surface area contributed by atoms with E-state index in [-0.39, 0.29) is 5.91 Å². The molecule has 0 saturated heterocycles. The molecule has 19 heavy (non-hydrogen) atoms. The van der Waals surface area contributed by atoms with Gasteiger partial charge in [-0.2, -0.15) is 0 Å². The van der Waals surface area contributed by atoms with E-state index in [0.717, 1.165) is 10.2 Å². The minimum absolute atomic E-state index is 0.218. The lowest BCUT2D eigenvalue weighted by atomic mass is 10.2. The molecule has 0 radical (unpaired) electrons. The summed E-state index contributed by atoms with van der Waals surface area (Å²) in [7, 11) is 0. The van der Waals surface area contributed by atoms with Crippen LogP contribution < -0.4 is 5.32 Å². The fourth-order valence-corrected chi connectivity index (χ4v) is 2.53. The number of benzene rings is 1. The molecule has 0 atom stereocenters. The molecule has 0 unspecified atom stereocenters. The third kappa shape index (κ3) is 2.57. The van der Waals surface area contributed by atoms with Crippen LogP contribution in [0.5, 0.6) is 0 Å². The van der Waals surface area contributed by atoms with E-state index < -0.39 is 0 Å². The fourth-order valence-electron chi connectivity index (χ4n) is 1.66. The highest BCUT2D eigenvalue weighted by Crippen LogP contribution is 2.20. The maximum atomic E-state index is 12.1. The first-order chi connectivity index (χ1) is 9.22. The van der Waals surface area contributed by atoms with Gasteiger partial charge >= 0.3 is 0 Å². The Morgan fingerprint density at radius 2 is 2.11 bits per heavy atom. The SMILES string of the molecule is O=C(Nc1cc(Cl)ccn1)c1ccc2ncsc2c1. The zero-order valence-corrected chi connectivity index (χ0v) is 11.2. The van der Waals surface area contributed by atoms with Crippen molar-refractivity contribution in [2.45, 2.75) is 0 Å². The van der Waals surface area contributed by atoms with Crippen molar-refractivity contribution in [3.05, 3.63) is 52.6 Å². The number of nitrogens with zero attached hydrogens (tertiary/aromatic N) is 2. The summed E-state index contributed by atoms with van der Waals surface area (Å²) in [5.74, 6) is 0.215.